The van der Waals surface area contributed by atoms with Crippen LogP contribution >= 0.6 is 0 Å². The number of carbonyl (C=O) groups is 2. The summed E-state index contributed by atoms with van der Waals surface area (Å²) in [5, 5.41) is 19.8. The van der Waals surface area contributed by atoms with Crippen molar-refractivity contribution in [1.82, 2.24) is 0 Å². The number of allylic oxidation sites excluding steroid dienone is 1. The molecule has 0 saturated carbocycles. The summed E-state index contributed by atoms with van der Waals surface area (Å²) in [7, 11) is 0. The maximum atomic E-state index is 12.1. The number of hydrogen-bond donors (Lipinski definition) is 2. The van der Waals surface area contributed by atoms with E-state index in [1.54, 1.807) is 6.92 Å². The molecule has 5 atom stereocenters. The summed E-state index contributed by atoms with van der Waals surface area (Å²) in [4.78, 5) is 24.0. The van der Waals surface area contributed by atoms with Crippen molar-refractivity contribution >= 4 is 11.8 Å². The Hall–Kier alpha value is -1.46. The standard InChI is InChI=1S/C15H18O5/c1-6-3-9(17)12-7(2)15(19)20-14(12)13-8(5-16)4-10(18)11(6)13/h4,7,9,12-14,16-17H,3,5H2,1-2H3/t7-,9-,12+,13+,14-/m0/s1. The number of ketones is 1. The smallest absolute Gasteiger partial charge is 0.309 e. The van der Waals surface area contributed by atoms with Gasteiger partial charge >= 0.3 is 5.97 Å². The van der Waals surface area contributed by atoms with E-state index in [9.17, 15) is 19.8 Å². The summed E-state index contributed by atoms with van der Waals surface area (Å²) in [6.07, 6.45) is 0.554. The minimum atomic E-state index is -0.702. The van der Waals surface area contributed by atoms with Crippen molar-refractivity contribution in [3.05, 3.63) is 22.8 Å². The van der Waals surface area contributed by atoms with Gasteiger partial charge in [0.25, 0.3) is 0 Å². The van der Waals surface area contributed by atoms with Gasteiger partial charge in [-0.1, -0.05) is 12.5 Å². The van der Waals surface area contributed by atoms with Crippen LogP contribution in [0, 0.1) is 17.8 Å². The maximum Gasteiger partial charge on any atom is 0.309 e. The number of carbonyl (C=O) groups excluding carboxylic acids is 2. The molecular weight excluding hydrogens is 260 g/mol. The first-order valence-electron chi connectivity index (χ1n) is 6.89. The Morgan fingerprint density at radius 2 is 2.10 bits per heavy atom. The van der Waals surface area contributed by atoms with Crippen LogP contribution in [-0.4, -0.2) is 40.8 Å². The van der Waals surface area contributed by atoms with Gasteiger partial charge in [-0.3, -0.25) is 9.59 Å². The van der Waals surface area contributed by atoms with Crippen LogP contribution in [0.25, 0.3) is 0 Å². The lowest BCUT2D eigenvalue weighted by Crippen LogP contribution is -2.35. The first kappa shape index (κ1) is 13.5. The molecule has 2 N–H and O–H groups in total. The van der Waals surface area contributed by atoms with Gasteiger partial charge in [0.2, 0.25) is 0 Å². The summed E-state index contributed by atoms with van der Waals surface area (Å²) in [6.45, 7) is 3.33. The second-order valence-corrected chi connectivity index (χ2v) is 5.95. The third-order valence-corrected chi connectivity index (χ3v) is 4.80. The van der Waals surface area contributed by atoms with Crippen LogP contribution in [0.1, 0.15) is 20.3 Å². The van der Waals surface area contributed by atoms with Gasteiger partial charge < -0.3 is 14.9 Å². The Labute approximate surface area is 116 Å². The van der Waals surface area contributed by atoms with Crippen molar-refractivity contribution in [3.8, 4) is 0 Å². The van der Waals surface area contributed by atoms with Crippen LogP contribution in [0.3, 0.4) is 0 Å². The molecule has 0 amide bonds. The Morgan fingerprint density at radius 1 is 1.40 bits per heavy atom. The molecule has 0 spiro atoms. The van der Waals surface area contributed by atoms with Crippen molar-refractivity contribution in [1.29, 1.82) is 0 Å². The third kappa shape index (κ3) is 1.70. The first-order chi connectivity index (χ1) is 9.45. The second-order valence-electron chi connectivity index (χ2n) is 5.95. The fraction of sp³-hybridized carbons (Fsp3) is 0.600. The molecule has 1 heterocycles. The lowest BCUT2D eigenvalue weighted by molar-refractivity contribution is -0.145. The highest BCUT2D eigenvalue weighted by Gasteiger charge is 2.54. The van der Waals surface area contributed by atoms with E-state index >= 15 is 0 Å². The van der Waals surface area contributed by atoms with Crippen molar-refractivity contribution in [2.45, 2.75) is 32.5 Å². The number of ether oxygens (including phenoxy) is 1. The van der Waals surface area contributed by atoms with Crippen molar-refractivity contribution in [2.24, 2.45) is 17.8 Å². The summed E-state index contributed by atoms with van der Waals surface area (Å²) in [5.41, 5.74) is 1.99. The molecule has 108 valence electrons. The molecule has 1 aliphatic heterocycles. The van der Waals surface area contributed by atoms with Crippen molar-refractivity contribution in [2.75, 3.05) is 6.61 Å². The number of rotatable bonds is 1. The van der Waals surface area contributed by atoms with E-state index in [4.69, 9.17) is 4.74 Å². The van der Waals surface area contributed by atoms with Gasteiger partial charge in [0.05, 0.1) is 18.6 Å². The van der Waals surface area contributed by atoms with Gasteiger partial charge in [0, 0.05) is 17.4 Å². The van der Waals surface area contributed by atoms with E-state index in [0.29, 0.717) is 17.6 Å². The highest BCUT2D eigenvalue weighted by Crippen LogP contribution is 2.47. The average Bonchev–Trinajstić information content (AvgIpc) is 2.83. The monoisotopic (exact) mass is 278 g/mol. The van der Waals surface area contributed by atoms with Gasteiger partial charge in [-0.2, -0.15) is 0 Å². The lowest BCUT2D eigenvalue weighted by Gasteiger charge is -2.27. The second kappa shape index (κ2) is 4.53. The zero-order valence-corrected chi connectivity index (χ0v) is 11.5. The first-order valence-corrected chi connectivity index (χ1v) is 6.89. The molecule has 0 unspecified atom stereocenters. The van der Waals surface area contributed by atoms with Crippen LogP contribution in [0.5, 0.6) is 0 Å². The summed E-state index contributed by atoms with van der Waals surface area (Å²) in [5.74, 6) is -1.60. The van der Waals surface area contributed by atoms with Crippen LogP contribution in [0.2, 0.25) is 0 Å². The molecule has 0 bridgehead atoms. The van der Waals surface area contributed by atoms with E-state index in [1.807, 2.05) is 6.92 Å². The Bertz CT molecular complexity index is 544. The van der Waals surface area contributed by atoms with E-state index in [2.05, 4.69) is 0 Å². The number of aliphatic hydroxyl groups is 2. The zero-order valence-electron chi connectivity index (χ0n) is 11.5. The predicted molar refractivity (Wildman–Crippen MR) is 69.5 cm³/mol. The maximum absolute atomic E-state index is 12.1. The quantitative estimate of drug-likeness (QED) is 0.677. The minimum absolute atomic E-state index is 0.139. The number of esters is 1. The SMILES string of the molecule is CC1=C2C(=O)C=C(CO)[C@H]2[C@H]2OC(=O)[C@@H](C)[C@@H]2[C@@H](O)C1. The lowest BCUT2D eigenvalue weighted by atomic mass is 9.79. The highest BCUT2D eigenvalue weighted by molar-refractivity contribution is 6.09. The molecule has 2 aliphatic carbocycles. The Balaban J connectivity index is 2.11. The Kier molecular flexibility index (Phi) is 3.06. The molecule has 3 aliphatic rings. The normalized spacial score (nSPS) is 40.2. The topological polar surface area (TPSA) is 83.8 Å². The number of fused-ring (bicyclic) bond motifs is 3. The number of aliphatic hydroxyl groups excluding tert-OH is 2. The molecule has 0 aromatic carbocycles. The van der Waals surface area contributed by atoms with Crippen molar-refractivity contribution < 1.29 is 24.5 Å². The largest absolute Gasteiger partial charge is 0.461 e. The molecule has 5 nitrogen and oxygen atoms in total. The van der Waals surface area contributed by atoms with Gasteiger partial charge in [-0.15, -0.1) is 0 Å². The van der Waals surface area contributed by atoms with Gasteiger partial charge in [-0.05, 0) is 25.0 Å². The van der Waals surface area contributed by atoms with E-state index in [1.165, 1.54) is 6.08 Å². The highest BCUT2D eigenvalue weighted by atomic mass is 16.6. The number of hydrogen-bond acceptors (Lipinski definition) is 5. The Morgan fingerprint density at radius 3 is 2.75 bits per heavy atom. The predicted octanol–water partition coefficient (Wildman–Crippen LogP) is 0.363. The molecule has 1 fully saturated rings. The van der Waals surface area contributed by atoms with E-state index < -0.39 is 24.0 Å². The fourth-order valence-corrected chi connectivity index (χ4v) is 3.83. The molecule has 5 heteroatoms. The van der Waals surface area contributed by atoms with Crippen LogP contribution < -0.4 is 0 Å². The van der Waals surface area contributed by atoms with Crippen LogP contribution in [0.15, 0.2) is 22.8 Å². The average molecular weight is 278 g/mol. The molecular formula is C15H18O5. The van der Waals surface area contributed by atoms with Crippen LogP contribution in [-0.2, 0) is 14.3 Å². The van der Waals surface area contributed by atoms with Crippen LogP contribution in [0.4, 0.5) is 0 Å². The summed E-state index contributed by atoms with van der Waals surface area (Å²) >= 11 is 0. The minimum Gasteiger partial charge on any atom is -0.461 e. The molecule has 1 saturated heterocycles. The molecule has 0 aromatic heterocycles. The molecule has 3 rings (SSSR count). The van der Waals surface area contributed by atoms with Crippen molar-refractivity contribution in [3.63, 3.8) is 0 Å². The third-order valence-electron chi connectivity index (χ3n) is 4.80. The molecule has 0 radical (unpaired) electrons. The van der Waals surface area contributed by atoms with E-state index in [0.717, 1.165) is 5.57 Å². The van der Waals surface area contributed by atoms with Gasteiger partial charge in [-0.25, -0.2) is 0 Å². The van der Waals surface area contributed by atoms with Gasteiger partial charge in [0.15, 0.2) is 5.78 Å². The summed E-state index contributed by atoms with van der Waals surface area (Å²) < 4.78 is 5.43. The molecule has 20 heavy (non-hydrogen) atoms. The molecule has 0 aromatic rings. The van der Waals surface area contributed by atoms with Gasteiger partial charge in [0.1, 0.15) is 6.10 Å². The van der Waals surface area contributed by atoms with E-state index in [-0.39, 0.29) is 24.3 Å². The fourth-order valence-electron chi connectivity index (χ4n) is 3.83. The summed E-state index contributed by atoms with van der Waals surface area (Å²) in [6, 6.07) is 0. The zero-order chi connectivity index (χ0) is 14.6.